The number of aromatic carboxylic acids is 1. The Morgan fingerprint density at radius 1 is 1.38 bits per heavy atom. The van der Waals surface area contributed by atoms with Gasteiger partial charge in [-0.3, -0.25) is 4.98 Å². The SMILES string of the molecule is O=C(O)c1cncc(N2CCCOCC2)n1. The van der Waals surface area contributed by atoms with Gasteiger partial charge in [-0.1, -0.05) is 0 Å². The summed E-state index contributed by atoms with van der Waals surface area (Å²) >= 11 is 0. The molecule has 86 valence electrons. The van der Waals surface area contributed by atoms with E-state index in [0.717, 1.165) is 26.1 Å². The number of carboxylic acids is 1. The fraction of sp³-hybridized carbons (Fsp3) is 0.500. The number of anilines is 1. The number of hydrogen-bond acceptors (Lipinski definition) is 5. The molecular formula is C10H13N3O3. The van der Waals surface area contributed by atoms with Crippen LogP contribution in [0.3, 0.4) is 0 Å². The lowest BCUT2D eigenvalue weighted by molar-refractivity contribution is 0.0690. The van der Waals surface area contributed by atoms with Crippen molar-refractivity contribution in [2.45, 2.75) is 6.42 Å². The molecule has 0 radical (unpaired) electrons. The van der Waals surface area contributed by atoms with E-state index >= 15 is 0 Å². The first-order chi connectivity index (χ1) is 7.77. The van der Waals surface area contributed by atoms with Gasteiger partial charge in [-0.05, 0) is 6.42 Å². The average Bonchev–Trinajstić information content (AvgIpc) is 2.57. The number of ether oxygens (including phenoxy) is 1. The van der Waals surface area contributed by atoms with Gasteiger partial charge in [0.15, 0.2) is 5.69 Å². The highest BCUT2D eigenvalue weighted by atomic mass is 16.5. The Bertz CT molecular complexity index is 375. The molecule has 0 saturated carbocycles. The maximum absolute atomic E-state index is 10.8. The first-order valence-corrected chi connectivity index (χ1v) is 5.15. The van der Waals surface area contributed by atoms with Crippen LogP contribution in [0.4, 0.5) is 5.82 Å². The minimum Gasteiger partial charge on any atom is -0.476 e. The van der Waals surface area contributed by atoms with Crippen LogP contribution in [-0.2, 0) is 4.74 Å². The van der Waals surface area contributed by atoms with Gasteiger partial charge >= 0.3 is 5.97 Å². The van der Waals surface area contributed by atoms with Crippen molar-refractivity contribution < 1.29 is 14.6 Å². The van der Waals surface area contributed by atoms with Gasteiger partial charge in [0.25, 0.3) is 0 Å². The molecule has 0 spiro atoms. The maximum Gasteiger partial charge on any atom is 0.356 e. The minimum absolute atomic E-state index is 0.0253. The van der Waals surface area contributed by atoms with Crippen LogP contribution in [0, 0.1) is 0 Å². The molecule has 0 aliphatic carbocycles. The molecule has 6 nitrogen and oxygen atoms in total. The van der Waals surface area contributed by atoms with Crippen LogP contribution in [0.2, 0.25) is 0 Å². The number of aromatic nitrogens is 2. The second kappa shape index (κ2) is 4.89. The molecule has 1 N–H and O–H groups in total. The van der Waals surface area contributed by atoms with Gasteiger partial charge in [0.1, 0.15) is 5.82 Å². The number of carboxylic acid groups (broad SMARTS) is 1. The summed E-state index contributed by atoms with van der Waals surface area (Å²) in [6, 6.07) is 0. The van der Waals surface area contributed by atoms with Gasteiger partial charge in [-0.2, -0.15) is 0 Å². The lowest BCUT2D eigenvalue weighted by Crippen LogP contribution is -2.27. The molecule has 6 heteroatoms. The van der Waals surface area contributed by atoms with Crippen LogP contribution in [0.25, 0.3) is 0 Å². The Morgan fingerprint density at radius 2 is 2.25 bits per heavy atom. The van der Waals surface area contributed by atoms with Crippen LogP contribution in [0.1, 0.15) is 16.9 Å². The van der Waals surface area contributed by atoms with E-state index in [2.05, 4.69) is 9.97 Å². The van der Waals surface area contributed by atoms with Gasteiger partial charge in [-0.25, -0.2) is 9.78 Å². The second-order valence-electron chi connectivity index (χ2n) is 3.52. The molecule has 16 heavy (non-hydrogen) atoms. The van der Waals surface area contributed by atoms with Crippen molar-refractivity contribution in [2.75, 3.05) is 31.2 Å². The molecule has 0 amide bonds. The highest BCUT2D eigenvalue weighted by Gasteiger charge is 2.13. The summed E-state index contributed by atoms with van der Waals surface area (Å²) in [5, 5.41) is 8.82. The predicted octanol–water partition coefficient (Wildman–Crippen LogP) is 0.401. The van der Waals surface area contributed by atoms with Crippen molar-refractivity contribution in [3.05, 3.63) is 18.1 Å². The van der Waals surface area contributed by atoms with Gasteiger partial charge in [0, 0.05) is 19.7 Å². The first-order valence-electron chi connectivity index (χ1n) is 5.15. The molecule has 1 aliphatic rings. The summed E-state index contributed by atoms with van der Waals surface area (Å²) in [4.78, 5) is 20.7. The normalized spacial score (nSPS) is 16.9. The zero-order chi connectivity index (χ0) is 11.4. The third kappa shape index (κ3) is 2.46. The zero-order valence-electron chi connectivity index (χ0n) is 8.80. The number of rotatable bonds is 2. The Labute approximate surface area is 92.9 Å². The van der Waals surface area contributed by atoms with E-state index in [1.165, 1.54) is 6.20 Å². The highest BCUT2D eigenvalue weighted by Crippen LogP contribution is 2.12. The Kier molecular flexibility index (Phi) is 3.31. The number of nitrogens with zero attached hydrogens (tertiary/aromatic N) is 3. The van der Waals surface area contributed by atoms with Gasteiger partial charge < -0.3 is 14.7 Å². The van der Waals surface area contributed by atoms with Crippen molar-refractivity contribution in [1.29, 1.82) is 0 Å². The monoisotopic (exact) mass is 223 g/mol. The fourth-order valence-electron chi connectivity index (χ4n) is 1.59. The number of hydrogen-bond donors (Lipinski definition) is 1. The van der Waals surface area contributed by atoms with E-state index < -0.39 is 5.97 Å². The van der Waals surface area contributed by atoms with E-state index in [9.17, 15) is 4.79 Å². The van der Waals surface area contributed by atoms with Gasteiger partial charge in [-0.15, -0.1) is 0 Å². The summed E-state index contributed by atoms with van der Waals surface area (Å²) in [5.41, 5.74) is -0.0253. The third-order valence-corrected chi connectivity index (χ3v) is 2.39. The van der Waals surface area contributed by atoms with Crippen molar-refractivity contribution in [3.8, 4) is 0 Å². The summed E-state index contributed by atoms with van der Waals surface area (Å²) in [5.74, 6) is -0.453. The summed E-state index contributed by atoms with van der Waals surface area (Å²) in [7, 11) is 0. The molecule has 1 aliphatic heterocycles. The lowest BCUT2D eigenvalue weighted by atomic mass is 10.4. The molecule has 1 fully saturated rings. The van der Waals surface area contributed by atoms with Crippen molar-refractivity contribution >= 4 is 11.8 Å². The zero-order valence-corrected chi connectivity index (χ0v) is 8.80. The van der Waals surface area contributed by atoms with Crippen LogP contribution >= 0.6 is 0 Å². The molecule has 1 aromatic heterocycles. The first kappa shape index (κ1) is 10.8. The van der Waals surface area contributed by atoms with Crippen molar-refractivity contribution in [2.24, 2.45) is 0 Å². The third-order valence-electron chi connectivity index (χ3n) is 2.39. The molecule has 2 rings (SSSR count). The van der Waals surface area contributed by atoms with Crippen LogP contribution in [-0.4, -0.2) is 47.3 Å². The van der Waals surface area contributed by atoms with E-state index in [0.29, 0.717) is 12.4 Å². The Balaban J connectivity index is 2.18. The second-order valence-corrected chi connectivity index (χ2v) is 3.52. The molecule has 1 saturated heterocycles. The quantitative estimate of drug-likeness (QED) is 0.782. The van der Waals surface area contributed by atoms with E-state index in [1.54, 1.807) is 6.20 Å². The van der Waals surface area contributed by atoms with E-state index in [1.807, 2.05) is 4.90 Å². The summed E-state index contributed by atoms with van der Waals surface area (Å²) in [6.45, 7) is 2.91. The fourth-order valence-corrected chi connectivity index (χ4v) is 1.59. The molecule has 1 aromatic rings. The molecule has 0 aromatic carbocycles. The van der Waals surface area contributed by atoms with Gasteiger partial charge in [0.05, 0.1) is 19.0 Å². The predicted molar refractivity (Wildman–Crippen MR) is 56.6 cm³/mol. The van der Waals surface area contributed by atoms with Crippen molar-refractivity contribution in [1.82, 2.24) is 9.97 Å². The van der Waals surface area contributed by atoms with Crippen molar-refractivity contribution in [3.63, 3.8) is 0 Å². The van der Waals surface area contributed by atoms with Gasteiger partial charge in [0.2, 0.25) is 0 Å². The molecular weight excluding hydrogens is 210 g/mol. The summed E-state index contributed by atoms with van der Waals surface area (Å²) < 4.78 is 5.32. The largest absolute Gasteiger partial charge is 0.476 e. The smallest absolute Gasteiger partial charge is 0.356 e. The topological polar surface area (TPSA) is 75.5 Å². The van der Waals surface area contributed by atoms with Crippen LogP contribution < -0.4 is 4.90 Å². The Hall–Kier alpha value is -1.69. The van der Waals surface area contributed by atoms with Crippen LogP contribution in [0.15, 0.2) is 12.4 Å². The van der Waals surface area contributed by atoms with E-state index in [4.69, 9.17) is 9.84 Å². The van der Waals surface area contributed by atoms with Crippen LogP contribution in [0.5, 0.6) is 0 Å². The molecule has 0 atom stereocenters. The summed E-state index contributed by atoms with van der Waals surface area (Å²) in [6.07, 6.45) is 3.75. The highest BCUT2D eigenvalue weighted by molar-refractivity contribution is 5.85. The molecule has 0 unspecified atom stereocenters. The number of carbonyl (C=O) groups is 1. The Morgan fingerprint density at radius 3 is 3.06 bits per heavy atom. The average molecular weight is 223 g/mol. The van der Waals surface area contributed by atoms with E-state index in [-0.39, 0.29) is 5.69 Å². The molecule has 0 bridgehead atoms. The standard InChI is InChI=1S/C10H13N3O3/c14-10(15)8-6-11-7-9(12-8)13-2-1-4-16-5-3-13/h6-7H,1-5H2,(H,14,15). The minimum atomic E-state index is -1.06. The molecule has 2 heterocycles. The maximum atomic E-state index is 10.8. The lowest BCUT2D eigenvalue weighted by Gasteiger charge is -2.20.